The molecule has 2 N–H and O–H groups in total. The van der Waals surface area contributed by atoms with E-state index in [-0.39, 0.29) is 13.2 Å². The number of thiol groups is 3. The van der Waals surface area contributed by atoms with Gasteiger partial charge in [0.25, 0.3) is 0 Å². The molecule has 14 heavy (non-hydrogen) atoms. The highest BCUT2D eigenvalue weighted by molar-refractivity contribution is 7.86. The van der Waals surface area contributed by atoms with Crippen LogP contribution in [0, 0.1) is 0 Å². The van der Waals surface area contributed by atoms with Crippen molar-refractivity contribution in [1.29, 1.82) is 0 Å². The maximum atomic E-state index is 8.30. The third-order valence-electron chi connectivity index (χ3n) is 1.49. The van der Waals surface area contributed by atoms with Gasteiger partial charge in [0.05, 0.1) is 0 Å². The molecular formula is C9H22O2S3. The van der Waals surface area contributed by atoms with Crippen LogP contribution < -0.4 is 0 Å². The van der Waals surface area contributed by atoms with E-state index in [4.69, 9.17) is 10.2 Å². The van der Waals surface area contributed by atoms with Gasteiger partial charge in [-0.3, -0.25) is 0 Å². The highest BCUT2D eigenvalue weighted by atomic mass is 32.1. The molecule has 0 unspecified atom stereocenters. The lowest BCUT2D eigenvalue weighted by Crippen LogP contribution is -2.00. The summed E-state index contributed by atoms with van der Waals surface area (Å²) in [6, 6.07) is 0. The minimum atomic E-state index is 0.283. The van der Waals surface area contributed by atoms with Crippen molar-refractivity contribution in [2.45, 2.75) is 30.9 Å². The Hall–Kier alpha value is 0.970. The van der Waals surface area contributed by atoms with Gasteiger partial charge in [0.15, 0.2) is 0 Å². The number of rotatable bonds is 7. The van der Waals surface area contributed by atoms with Gasteiger partial charge >= 0.3 is 0 Å². The molecule has 0 aliphatic carbocycles. The second kappa shape index (κ2) is 16.4. The number of hydrogen-bond acceptors (Lipinski definition) is 5. The predicted molar refractivity (Wildman–Crippen MR) is 73.1 cm³/mol. The summed E-state index contributed by atoms with van der Waals surface area (Å²) < 4.78 is 0. The van der Waals surface area contributed by atoms with Crippen LogP contribution in [0.5, 0.6) is 0 Å². The van der Waals surface area contributed by atoms with Crippen LogP contribution in [-0.4, -0.2) is 40.2 Å². The molecule has 0 spiro atoms. The first-order valence-corrected chi connectivity index (χ1v) is 6.62. The Labute approximate surface area is 104 Å². The summed E-state index contributed by atoms with van der Waals surface area (Å²) in [5, 5.41) is 17.0. The van der Waals surface area contributed by atoms with Crippen LogP contribution in [0.2, 0.25) is 0 Å². The number of unbranched alkanes of at least 4 members (excludes halogenated alkanes) is 3. The number of aliphatic hydroxyl groups excluding tert-OH is 2. The monoisotopic (exact) mass is 258 g/mol. The van der Waals surface area contributed by atoms with Crippen molar-refractivity contribution in [3.63, 3.8) is 0 Å². The standard InChI is InChI=1S/C6H14O2.C3H8S3/c7-5-3-1-2-4-6-8;4-1-3(6)2-5/h7-8H,1-6H2;3-6H,1-2H2. The van der Waals surface area contributed by atoms with Crippen molar-refractivity contribution in [2.75, 3.05) is 24.7 Å². The molecule has 0 atom stereocenters. The fourth-order valence-electron chi connectivity index (χ4n) is 0.635. The molecule has 2 nitrogen and oxygen atoms in total. The van der Waals surface area contributed by atoms with Crippen LogP contribution in [-0.2, 0) is 0 Å². The Morgan fingerprint density at radius 1 is 0.786 bits per heavy atom. The first-order valence-electron chi connectivity index (χ1n) is 4.84. The summed E-state index contributed by atoms with van der Waals surface area (Å²) in [5.74, 6) is 1.62. The Morgan fingerprint density at radius 2 is 1.14 bits per heavy atom. The summed E-state index contributed by atoms with van der Waals surface area (Å²) >= 11 is 12.0. The van der Waals surface area contributed by atoms with Crippen LogP contribution in [0.3, 0.4) is 0 Å². The highest BCUT2D eigenvalue weighted by Gasteiger charge is 1.91. The Kier molecular flexibility index (Phi) is 20.3. The molecular weight excluding hydrogens is 236 g/mol. The lowest BCUT2D eigenvalue weighted by molar-refractivity contribution is 0.265. The molecule has 0 bridgehead atoms. The Balaban J connectivity index is 0. The first kappa shape index (κ1) is 17.4. The van der Waals surface area contributed by atoms with Gasteiger partial charge in [0.1, 0.15) is 0 Å². The molecule has 0 saturated heterocycles. The third-order valence-corrected chi connectivity index (χ3v) is 3.31. The van der Waals surface area contributed by atoms with Crippen molar-refractivity contribution in [1.82, 2.24) is 0 Å². The quantitative estimate of drug-likeness (QED) is 0.356. The van der Waals surface area contributed by atoms with Crippen LogP contribution >= 0.6 is 37.9 Å². The second-order valence-electron chi connectivity index (χ2n) is 2.88. The van der Waals surface area contributed by atoms with Crippen LogP contribution in [0.4, 0.5) is 0 Å². The molecule has 0 fully saturated rings. The maximum Gasteiger partial charge on any atom is 0.0431 e. The van der Waals surface area contributed by atoms with Gasteiger partial charge in [0, 0.05) is 30.0 Å². The largest absolute Gasteiger partial charge is 0.396 e. The molecule has 0 aliphatic rings. The topological polar surface area (TPSA) is 40.5 Å². The van der Waals surface area contributed by atoms with E-state index in [1.54, 1.807) is 0 Å². The number of aliphatic hydroxyl groups is 2. The summed E-state index contributed by atoms with van der Waals surface area (Å²) in [7, 11) is 0. The predicted octanol–water partition coefficient (Wildman–Crippen LogP) is 1.68. The number of hydrogen-bond donors (Lipinski definition) is 5. The van der Waals surface area contributed by atoms with E-state index in [0.29, 0.717) is 5.25 Å². The Bertz CT molecular complexity index is 84.1. The summed E-state index contributed by atoms with van der Waals surface area (Å²) in [6.07, 6.45) is 3.83. The van der Waals surface area contributed by atoms with E-state index in [9.17, 15) is 0 Å². The summed E-state index contributed by atoms with van der Waals surface area (Å²) in [5.41, 5.74) is 0. The average molecular weight is 258 g/mol. The van der Waals surface area contributed by atoms with Gasteiger partial charge in [-0.25, -0.2) is 0 Å². The zero-order chi connectivity index (χ0) is 11.2. The van der Waals surface area contributed by atoms with Crippen molar-refractivity contribution in [3.05, 3.63) is 0 Å². The van der Waals surface area contributed by atoms with Crippen molar-refractivity contribution >= 4 is 37.9 Å². The lowest BCUT2D eigenvalue weighted by Gasteiger charge is -1.96. The van der Waals surface area contributed by atoms with E-state index in [2.05, 4.69) is 37.9 Å². The van der Waals surface area contributed by atoms with Crippen LogP contribution in [0.25, 0.3) is 0 Å². The summed E-state index contributed by atoms with van der Waals surface area (Å²) in [6.45, 7) is 0.566. The molecule has 88 valence electrons. The fourth-order valence-corrected chi connectivity index (χ4v) is 1.10. The molecule has 0 heterocycles. The molecule has 0 aromatic carbocycles. The van der Waals surface area contributed by atoms with Gasteiger partial charge < -0.3 is 10.2 Å². The highest BCUT2D eigenvalue weighted by Crippen LogP contribution is 1.97. The zero-order valence-corrected chi connectivity index (χ0v) is 11.2. The van der Waals surface area contributed by atoms with E-state index in [1.165, 1.54) is 0 Å². The van der Waals surface area contributed by atoms with Gasteiger partial charge in [-0.15, -0.1) is 0 Å². The van der Waals surface area contributed by atoms with Crippen LogP contribution in [0.1, 0.15) is 25.7 Å². The average Bonchev–Trinajstić information content (AvgIpc) is 2.24. The first-order chi connectivity index (χ1) is 6.72. The van der Waals surface area contributed by atoms with E-state index in [0.717, 1.165) is 37.2 Å². The van der Waals surface area contributed by atoms with E-state index in [1.807, 2.05) is 0 Å². The smallest absolute Gasteiger partial charge is 0.0431 e. The minimum absolute atomic E-state index is 0.283. The molecule has 0 saturated carbocycles. The molecule has 0 amide bonds. The van der Waals surface area contributed by atoms with Gasteiger partial charge in [-0.1, -0.05) is 12.8 Å². The van der Waals surface area contributed by atoms with Gasteiger partial charge in [-0.05, 0) is 12.8 Å². The molecule has 0 aromatic rings. The normalized spacial score (nSPS) is 9.86. The van der Waals surface area contributed by atoms with E-state index >= 15 is 0 Å². The van der Waals surface area contributed by atoms with E-state index < -0.39 is 0 Å². The molecule has 0 radical (unpaired) electrons. The molecule has 0 aliphatic heterocycles. The lowest BCUT2D eigenvalue weighted by atomic mass is 10.2. The van der Waals surface area contributed by atoms with Crippen molar-refractivity contribution in [2.24, 2.45) is 0 Å². The van der Waals surface area contributed by atoms with Crippen molar-refractivity contribution < 1.29 is 10.2 Å². The second-order valence-corrected chi connectivity index (χ2v) is 4.34. The minimum Gasteiger partial charge on any atom is -0.396 e. The zero-order valence-electron chi connectivity index (χ0n) is 8.47. The molecule has 0 aromatic heterocycles. The Morgan fingerprint density at radius 3 is 1.29 bits per heavy atom. The van der Waals surface area contributed by atoms with Gasteiger partial charge in [0.2, 0.25) is 0 Å². The van der Waals surface area contributed by atoms with Gasteiger partial charge in [-0.2, -0.15) is 37.9 Å². The third kappa shape index (κ3) is 18.7. The summed E-state index contributed by atoms with van der Waals surface area (Å²) in [4.78, 5) is 0. The molecule has 0 rings (SSSR count). The van der Waals surface area contributed by atoms with Crippen LogP contribution in [0.15, 0.2) is 0 Å². The maximum absolute atomic E-state index is 8.30. The molecule has 5 heteroatoms. The van der Waals surface area contributed by atoms with Crippen molar-refractivity contribution in [3.8, 4) is 0 Å². The fraction of sp³-hybridized carbons (Fsp3) is 1.00. The SMILES string of the molecule is OCCCCCCO.SCC(S)CS.